The number of halogens is 2. The molecule has 2 unspecified atom stereocenters. The molecule has 2 nitrogen and oxygen atoms in total. The molecule has 1 heterocycles. The van der Waals surface area contributed by atoms with Gasteiger partial charge in [-0.05, 0) is 30.9 Å². The van der Waals surface area contributed by atoms with Crippen molar-refractivity contribution in [3.63, 3.8) is 0 Å². The van der Waals surface area contributed by atoms with Crippen molar-refractivity contribution in [3.8, 4) is 0 Å². The van der Waals surface area contributed by atoms with E-state index in [4.69, 9.17) is 0 Å². The van der Waals surface area contributed by atoms with Gasteiger partial charge in [-0.1, -0.05) is 26.8 Å². The van der Waals surface area contributed by atoms with E-state index in [2.05, 4.69) is 31.0 Å². The first-order valence-electron chi connectivity index (χ1n) is 7.91. The average molecular weight is 296 g/mol. The number of nitrogens with zero attached hydrogens (tertiary/aromatic N) is 1. The Morgan fingerprint density at radius 3 is 2.52 bits per heavy atom. The summed E-state index contributed by atoms with van der Waals surface area (Å²) in [5.74, 6) is -0.308. The molecule has 0 amide bonds. The van der Waals surface area contributed by atoms with Crippen LogP contribution in [0, 0.1) is 17.6 Å². The van der Waals surface area contributed by atoms with Gasteiger partial charge in [-0.2, -0.15) is 0 Å². The minimum Gasteiger partial charge on any atom is -0.311 e. The fourth-order valence-corrected chi connectivity index (χ4v) is 3.06. The molecular weight excluding hydrogens is 270 g/mol. The van der Waals surface area contributed by atoms with Crippen LogP contribution in [0.4, 0.5) is 8.78 Å². The fraction of sp³-hybridized carbons (Fsp3) is 0.647. The summed E-state index contributed by atoms with van der Waals surface area (Å²) in [6, 6.07) is 4.85. The van der Waals surface area contributed by atoms with Crippen LogP contribution in [-0.2, 0) is 6.54 Å². The summed E-state index contributed by atoms with van der Waals surface area (Å²) in [5, 5.41) is 3.54. The van der Waals surface area contributed by atoms with Crippen molar-refractivity contribution in [3.05, 3.63) is 35.4 Å². The third-order valence-corrected chi connectivity index (χ3v) is 4.27. The highest BCUT2D eigenvalue weighted by Gasteiger charge is 2.28. The van der Waals surface area contributed by atoms with Crippen molar-refractivity contribution in [1.29, 1.82) is 0 Å². The molecule has 0 aromatic heterocycles. The van der Waals surface area contributed by atoms with Crippen molar-refractivity contribution in [1.82, 2.24) is 10.2 Å². The summed E-state index contributed by atoms with van der Waals surface area (Å²) >= 11 is 0. The Morgan fingerprint density at radius 1 is 1.29 bits per heavy atom. The van der Waals surface area contributed by atoms with E-state index in [1.165, 1.54) is 18.2 Å². The summed E-state index contributed by atoms with van der Waals surface area (Å²) in [5.41, 5.74) is 0.197. The monoisotopic (exact) mass is 296 g/mol. The van der Waals surface area contributed by atoms with Crippen LogP contribution in [-0.4, -0.2) is 30.1 Å². The molecule has 21 heavy (non-hydrogen) atoms. The molecule has 0 spiro atoms. The molecule has 2 rings (SSSR count). The van der Waals surface area contributed by atoms with Crippen LogP contribution in [0.15, 0.2) is 18.2 Å². The Hall–Kier alpha value is -1.00. The Morgan fingerprint density at radius 2 is 1.95 bits per heavy atom. The van der Waals surface area contributed by atoms with Gasteiger partial charge in [0.2, 0.25) is 0 Å². The van der Waals surface area contributed by atoms with E-state index in [0.717, 1.165) is 25.9 Å². The molecule has 118 valence electrons. The molecule has 4 heteroatoms. The lowest BCUT2D eigenvalue weighted by atomic mass is 9.97. The quantitative estimate of drug-likeness (QED) is 0.893. The molecule has 1 fully saturated rings. The lowest BCUT2D eigenvalue weighted by molar-refractivity contribution is 0.103. The van der Waals surface area contributed by atoms with E-state index < -0.39 is 11.6 Å². The van der Waals surface area contributed by atoms with Gasteiger partial charge in [0, 0.05) is 37.3 Å². The Balaban J connectivity index is 2.15. The van der Waals surface area contributed by atoms with Crippen molar-refractivity contribution in [2.75, 3.05) is 13.1 Å². The van der Waals surface area contributed by atoms with Crippen LogP contribution in [0.1, 0.15) is 39.2 Å². The zero-order valence-corrected chi connectivity index (χ0v) is 13.2. The van der Waals surface area contributed by atoms with E-state index in [0.29, 0.717) is 24.5 Å². The van der Waals surface area contributed by atoms with Gasteiger partial charge in [-0.3, -0.25) is 4.90 Å². The van der Waals surface area contributed by atoms with Crippen molar-refractivity contribution < 1.29 is 8.78 Å². The highest BCUT2D eigenvalue weighted by Crippen LogP contribution is 2.22. The van der Waals surface area contributed by atoms with E-state index in [1.54, 1.807) is 0 Å². The minimum absolute atomic E-state index is 0.197. The van der Waals surface area contributed by atoms with Crippen LogP contribution in [0.3, 0.4) is 0 Å². The van der Waals surface area contributed by atoms with Gasteiger partial charge in [0.25, 0.3) is 0 Å². The molecule has 0 bridgehead atoms. The number of nitrogens with one attached hydrogen (secondary N) is 1. The molecule has 0 saturated carbocycles. The number of rotatable bonds is 5. The first-order valence-corrected chi connectivity index (χ1v) is 7.91. The van der Waals surface area contributed by atoms with E-state index in [9.17, 15) is 8.78 Å². The van der Waals surface area contributed by atoms with Crippen LogP contribution in [0.2, 0.25) is 0 Å². The molecule has 1 aromatic carbocycles. The lowest BCUT2D eigenvalue weighted by Crippen LogP contribution is -2.56. The number of hydrogen-bond donors (Lipinski definition) is 1. The second-order valence-corrected chi connectivity index (χ2v) is 6.43. The standard InChI is InChI=1S/C17H26F2N2/c1-4-13-10-21(14(9-20-13)8-12(2)3)11-15-16(18)6-5-7-17(15)19/h5-7,12-14,20H,4,8-11H2,1-3H3. The molecule has 0 aliphatic carbocycles. The van der Waals surface area contributed by atoms with Gasteiger partial charge in [0.1, 0.15) is 11.6 Å². The zero-order chi connectivity index (χ0) is 15.4. The Bertz CT molecular complexity index is 442. The van der Waals surface area contributed by atoms with Crippen LogP contribution in [0.5, 0.6) is 0 Å². The minimum atomic E-state index is -0.440. The Labute approximate surface area is 126 Å². The normalized spacial score (nSPS) is 23.7. The molecule has 1 N–H and O–H groups in total. The second-order valence-electron chi connectivity index (χ2n) is 6.43. The molecule has 1 aliphatic rings. The predicted octanol–water partition coefficient (Wildman–Crippen LogP) is 3.56. The summed E-state index contributed by atoms with van der Waals surface area (Å²) in [4.78, 5) is 2.24. The molecule has 1 aliphatic heterocycles. The van der Waals surface area contributed by atoms with E-state index in [-0.39, 0.29) is 5.56 Å². The molecule has 0 radical (unpaired) electrons. The largest absolute Gasteiger partial charge is 0.311 e. The molecular formula is C17H26F2N2. The van der Waals surface area contributed by atoms with Crippen LogP contribution < -0.4 is 5.32 Å². The van der Waals surface area contributed by atoms with Crippen molar-refractivity contribution in [2.24, 2.45) is 5.92 Å². The lowest BCUT2D eigenvalue weighted by Gasteiger charge is -2.41. The van der Waals surface area contributed by atoms with Crippen LogP contribution >= 0.6 is 0 Å². The topological polar surface area (TPSA) is 15.3 Å². The SMILES string of the molecule is CCC1CN(Cc2c(F)cccc2F)C(CC(C)C)CN1. The second kappa shape index (κ2) is 7.32. The maximum Gasteiger partial charge on any atom is 0.130 e. The summed E-state index contributed by atoms with van der Waals surface area (Å²) in [6.45, 7) is 8.62. The molecule has 2 atom stereocenters. The van der Waals surface area contributed by atoms with Gasteiger partial charge in [-0.25, -0.2) is 8.78 Å². The Kier molecular flexibility index (Phi) is 5.71. The van der Waals surface area contributed by atoms with Gasteiger partial charge in [0.15, 0.2) is 0 Å². The highest BCUT2D eigenvalue weighted by molar-refractivity contribution is 5.19. The van der Waals surface area contributed by atoms with Gasteiger partial charge in [0.05, 0.1) is 0 Å². The first-order chi connectivity index (χ1) is 10.0. The van der Waals surface area contributed by atoms with E-state index in [1.807, 2.05) is 0 Å². The summed E-state index contributed by atoms with van der Waals surface area (Å²) in [6.07, 6.45) is 2.07. The summed E-state index contributed by atoms with van der Waals surface area (Å²) < 4.78 is 27.8. The highest BCUT2D eigenvalue weighted by atomic mass is 19.1. The van der Waals surface area contributed by atoms with Crippen molar-refractivity contribution in [2.45, 2.75) is 52.2 Å². The summed E-state index contributed by atoms with van der Waals surface area (Å²) in [7, 11) is 0. The maximum absolute atomic E-state index is 13.9. The van der Waals surface area contributed by atoms with Crippen LogP contribution in [0.25, 0.3) is 0 Å². The zero-order valence-electron chi connectivity index (χ0n) is 13.2. The number of hydrogen-bond acceptors (Lipinski definition) is 2. The van der Waals surface area contributed by atoms with E-state index >= 15 is 0 Å². The van der Waals surface area contributed by atoms with Gasteiger partial charge >= 0.3 is 0 Å². The molecule has 1 aromatic rings. The van der Waals surface area contributed by atoms with Gasteiger partial charge < -0.3 is 5.32 Å². The predicted molar refractivity (Wildman–Crippen MR) is 82.1 cm³/mol. The first kappa shape index (κ1) is 16.4. The van der Waals surface area contributed by atoms with Gasteiger partial charge in [-0.15, -0.1) is 0 Å². The fourth-order valence-electron chi connectivity index (χ4n) is 3.06. The smallest absolute Gasteiger partial charge is 0.130 e. The number of benzene rings is 1. The molecule has 1 saturated heterocycles. The third-order valence-electron chi connectivity index (χ3n) is 4.27. The van der Waals surface area contributed by atoms with Crippen molar-refractivity contribution >= 4 is 0 Å². The third kappa shape index (κ3) is 4.24. The average Bonchev–Trinajstić information content (AvgIpc) is 2.44. The maximum atomic E-state index is 13.9. The number of piperazine rings is 1.